The molecule has 5 nitrogen and oxygen atoms in total. The van der Waals surface area contributed by atoms with E-state index in [-0.39, 0.29) is 23.2 Å². The highest BCUT2D eigenvalue weighted by atomic mass is 35.5. The van der Waals surface area contributed by atoms with E-state index in [2.05, 4.69) is 17.3 Å². The molecule has 6 heteroatoms. The molecule has 1 heterocycles. The number of anilines is 1. The zero-order valence-corrected chi connectivity index (χ0v) is 11.6. The fourth-order valence-corrected chi connectivity index (χ4v) is 1.73. The average molecular weight is 274 g/mol. The van der Waals surface area contributed by atoms with Crippen LogP contribution in [0.15, 0.2) is 11.0 Å². The normalized spacial score (nSPS) is 12.4. The van der Waals surface area contributed by atoms with Crippen LogP contribution in [0.3, 0.4) is 0 Å². The van der Waals surface area contributed by atoms with Gasteiger partial charge in [-0.15, -0.1) is 0 Å². The van der Waals surface area contributed by atoms with Gasteiger partial charge in [0.2, 0.25) is 0 Å². The molecule has 0 amide bonds. The largest absolute Gasteiger partial charge is 0.394 e. The summed E-state index contributed by atoms with van der Waals surface area (Å²) in [5.41, 5.74) is 0.193. The number of hydrogen-bond donors (Lipinski definition) is 2. The Morgan fingerprint density at radius 1 is 1.56 bits per heavy atom. The van der Waals surface area contributed by atoms with Gasteiger partial charge in [0.05, 0.1) is 18.5 Å². The molecule has 2 N–H and O–H groups in total. The van der Waals surface area contributed by atoms with Crippen LogP contribution in [0.1, 0.15) is 33.1 Å². The van der Waals surface area contributed by atoms with E-state index in [9.17, 15) is 4.79 Å². The zero-order valence-electron chi connectivity index (χ0n) is 10.8. The van der Waals surface area contributed by atoms with Gasteiger partial charge in [0.1, 0.15) is 5.02 Å². The molecule has 1 aromatic rings. The number of rotatable bonds is 7. The fourth-order valence-electron chi connectivity index (χ4n) is 1.53. The van der Waals surface area contributed by atoms with Gasteiger partial charge in [0.25, 0.3) is 5.56 Å². The summed E-state index contributed by atoms with van der Waals surface area (Å²) in [5.74, 6) is 0. The number of nitrogens with zero attached hydrogens (tertiary/aromatic N) is 2. The Labute approximate surface area is 112 Å². The van der Waals surface area contributed by atoms with Crippen LogP contribution in [0.25, 0.3) is 0 Å². The number of nitrogens with one attached hydrogen (secondary N) is 1. The van der Waals surface area contributed by atoms with E-state index < -0.39 is 0 Å². The summed E-state index contributed by atoms with van der Waals surface area (Å²) in [6, 6.07) is -0.116. The number of hydrogen-bond acceptors (Lipinski definition) is 4. The van der Waals surface area contributed by atoms with Crippen molar-refractivity contribution in [2.75, 3.05) is 11.9 Å². The first kappa shape index (κ1) is 15.0. The van der Waals surface area contributed by atoms with Gasteiger partial charge in [-0.05, 0) is 12.8 Å². The van der Waals surface area contributed by atoms with E-state index in [0.717, 1.165) is 19.3 Å². The highest BCUT2D eigenvalue weighted by Crippen LogP contribution is 2.17. The minimum Gasteiger partial charge on any atom is -0.394 e. The van der Waals surface area contributed by atoms with Crippen LogP contribution in [0.5, 0.6) is 0 Å². The lowest BCUT2D eigenvalue weighted by molar-refractivity contribution is 0.272. The van der Waals surface area contributed by atoms with Gasteiger partial charge >= 0.3 is 0 Å². The monoisotopic (exact) mass is 273 g/mol. The summed E-state index contributed by atoms with van der Waals surface area (Å²) >= 11 is 6.02. The maximum atomic E-state index is 11.9. The SMILES string of the molecule is CCCCn1ncc(NC(CC)CO)c(Cl)c1=O. The van der Waals surface area contributed by atoms with E-state index in [1.54, 1.807) is 0 Å². The van der Waals surface area contributed by atoms with Crippen LogP contribution >= 0.6 is 11.6 Å². The second-order valence-electron chi connectivity index (χ2n) is 4.19. The first-order valence-electron chi connectivity index (χ1n) is 6.27. The minimum atomic E-state index is -0.289. The highest BCUT2D eigenvalue weighted by molar-refractivity contribution is 6.32. The first-order chi connectivity index (χ1) is 8.63. The van der Waals surface area contributed by atoms with Crippen molar-refractivity contribution in [2.24, 2.45) is 0 Å². The third-order valence-electron chi connectivity index (χ3n) is 2.78. The van der Waals surface area contributed by atoms with Gasteiger partial charge in [0.15, 0.2) is 0 Å². The van der Waals surface area contributed by atoms with E-state index in [1.807, 2.05) is 6.92 Å². The van der Waals surface area contributed by atoms with E-state index >= 15 is 0 Å². The molecule has 102 valence electrons. The van der Waals surface area contributed by atoms with Gasteiger partial charge in [-0.2, -0.15) is 5.10 Å². The van der Waals surface area contributed by atoms with Crippen molar-refractivity contribution in [3.05, 3.63) is 21.6 Å². The molecule has 0 radical (unpaired) electrons. The Hall–Kier alpha value is -1.07. The van der Waals surface area contributed by atoms with Crippen LogP contribution in [-0.4, -0.2) is 27.5 Å². The molecule has 0 aliphatic carbocycles. The van der Waals surface area contributed by atoms with Gasteiger partial charge < -0.3 is 10.4 Å². The molecule has 0 aliphatic rings. The van der Waals surface area contributed by atoms with Crippen LogP contribution in [0.4, 0.5) is 5.69 Å². The Kier molecular flexibility index (Phi) is 6.15. The first-order valence-corrected chi connectivity index (χ1v) is 6.64. The number of aliphatic hydroxyl groups is 1. The van der Waals surface area contributed by atoms with Gasteiger partial charge in [0, 0.05) is 12.6 Å². The molecule has 0 fully saturated rings. The molecular weight excluding hydrogens is 254 g/mol. The van der Waals surface area contributed by atoms with Crippen molar-refractivity contribution in [3.63, 3.8) is 0 Å². The molecule has 1 aromatic heterocycles. The third-order valence-corrected chi connectivity index (χ3v) is 3.15. The molecule has 1 atom stereocenters. The number of unbranched alkanes of at least 4 members (excludes halogenated alkanes) is 1. The molecule has 0 saturated heterocycles. The second kappa shape index (κ2) is 7.38. The minimum absolute atomic E-state index is 0.00819. The smallest absolute Gasteiger partial charge is 0.287 e. The summed E-state index contributed by atoms with van der Waals surface area (Å²) in [5, 5.41) is 16.3. The van der Waals surface area contributed by atoms with Crippen LogP contribution < -0.4 is 10.9 Å². The molecule has 18 heavy (non-hydrogen) atoms. The molecular formula is C12H20ClN3O2. The van der Waals surface area contributed by atoms with Gasteiger partial charge in [-0.1, -0.05) is 31.9 Å². The number of aliphatic hydroxyl groups excluding tert-OH is 1. The fraction of sp³-hybridized carbons (Fsp3) is 0.667. The Morgan fingerprint density at radius 3 is 2.83 bits per heavy atom. The third kappa shape index (κ3) is 3.71. The lowest BCUT2D eigenvalue weighted by Gasteiger charge is -2.16. The number of aryl methyl sites for hydroxylation is 1. The predicted molar refractivity (Wildman–Crippen MR) is 73.2 cm³/mol. The zero-order chi connectivity index (χ0) is 13.5. The van der Waals surface area contributed by atoms with Crippen molar-refractivity contribution in [3.8, 4) is 0 Å². The van der Waals surface area contributed by atoms with Crippen LogP contribution in [0, 0.1) is 0 Å². The summed E-state index contributed by atoms with van der Waals surface area (Å²) in [6.45, 7) is 4.56. The Morgan fingerprint density at radius 2 is 2.28 bits per heavy atom. The van der Waals surface area contributed by atoms with Crippen molar-refractivity contribution in [2.45, 2.75) is 45.7 Å². The van der Waals surface area contributed by atoms with E-state index in [1.165, 1.54) is 10.9 Å². The topological polar surface area (TPSA) is 67.2 Å². The van der Waals surface area contributed by atoms with Gasteiger partial charge in [-0.25, -0.2) is 4.68 Å². The average Bonchev–Trinajstić information content (AvgIpc) is 2.39. The predicted octanol–water partition coefficient (Wildman–Crippen LogP) is 1.88. The van der Waals surface area contributed by atoms with Crippen LogP contribution in [-0.2, 0) is 6.54 Å². The number of halogens is 1. The number of aromatic nitrogens is 2. The molecule has 0 aromatic carbocycles. The molecule has 0 saturated carbocycles. The quantitative estimate of drug-likeness (QED) is 0.796. The standard InChI is InChI=1S/C12H20ClN3O2/c1-3-5-6-16-12(18)11(13)10(7-14-16)15-9(4-2)8-17/h7,9,15,17H,3-6,8H2,1-2H3. The summed E-state index contributed by atoms with van der Waals surface area (Å²) in [4.78, 5) is 11.9. The Balaban J connectivity index is 2.90. The maximum absolute atomic E-state index is 11.9. The van der Waals surface area contributed by atoms with Crippen molar-refractivity contribution in [1.82, 2.24) is 9.78 Å². The van der Waals surface area contributed by atoms with Crippen molar-refractivity contribution < 1.29 is 5.11 Å². The summed E-state index contributed by atoms with van der Waals surface area (Å²) in [6.07, 6.45) is 4.17. The van der Waals surface area contributed by atoms with Crippen LogP contribution in [0.2, 0.25) is 5.02 Å². The molecule has 1 rings (SSSR count). The molecule has 0 spiro atoms. The Bertz CT molecular complexity index is 430. The maximum Gasteiger partial charge on any atom is 0.287 e. The molecule has 0 aliphatic heterocycles. The summed E-state index contributed by atoms with van der Waals surface area (Å²) in [7, 11) is 0. The second-order valence-corrected chi connectivity index (χ2v) is 4.56. The lowest BCUT2D eigenvalue weighted by atomic mass is 10.2. The summed E-state index contributed by atoms with van der Waals surface area (Å²) < 4.78 is 1.37. The van der Waals surface area contributed by atoms with E-state index in [0.29, 0.717) is 12.2 Å². The molecule has 1 unspecified atom stereocenters. The highest BCUT2D eigenvalue weighted by Gasteiger charge is 2.12. The van der Waals surface area contributed by atoms with E-state index in [4.69, 9.17) is 16.7 Å². The van der Waals surface area contributed by atoms with Crippen molar-refractivity contribution in [1.29, 1.82) is 0 Å². The lowest BCUT2D eigenvalue weighted by Crippen LogP contribution is -2.28. The molecule has 0 bridgehead atoms. The van der Waals surface area contributed by atoms with Crippen molar-refractivity contribution >= 4 is 17.3 Å². The van der Waals surface area contributed by atoms with Gasteiger partial charge in [-0.3, -0.25) is 4.79 Å².